The van der Waals surface area contributed by atoms with E-state index in [1.807, 2.05) is 6.92 Å². The number of carbonyl (C=O) groups is 2. The van der Waals surface area contributed by atoms with Crippen LogP contribution in [0.25, 0.3) is 0 Å². The Morgan fingerprint density at radius 3 is 3.00 bits per heavy atom. The molecule has 0 bridgehead atoms. The van der Waals surface area contributed by atoms with E-state index in [-0.39, 0.29) is 25.2 Å². The van der Waals surface area contributed by atoms with E-state index in [4.69, 9.17) is 4.74 Å². The van der Waals surface area contributed by atoms with Crippen LogP contribution in [0.2, 0.25) is 0 Å². The zero-order valence-electron chi connectivity index (χ0n) is 10.3. The number of carboxylic acids is 1. The van der Waals surface area contributed by atoms with Crippen LogP contribution in [-0.4, -0.2) is 39.9 Å². The van der Waals surface area contributed by atoms with Crippen LogP contribution in [-0.2, 0) is 27.3 Å². The van der Waals surface area contributed by atoms with Gasteiger partial charge in [0.05, 0.1) is 19.4 Å². The zero-order valence-corrected chi connectivity index (χ0v) is 10.3. The third kappa shape index (κ3) is 2.15. The lowest BCUT2D eigenvalue weighted by Crippen LogP contribution is -2.48. The van der Waals surface area contributed by atoms with E-state index in [1.54, 1.807) is 17.1 Å². The Hall–Kier alpha value is -1.69. The van der Waals surface area contributed by atoms with Crippen molar-refractivity contribution in [2.75, 3.05) is 13.2 Å². The highest BCUT2D eigenvalue weighted by Gasteiger charge is 2.48. The number of aliphatic carboxylic acids is 1. The van der Waals surface area contributed by atoms with Crippen molar-refractivity contribution < 1.29 is 19.4 Å². The topological polar surface area (TPSA) is 81.4 Å². The summed E-state index contributed by atoms with van der Waals surface area (Å²) in [4.78, 5) is 23.4. The minimum atomic E-state index is -1.44. The van der Waals surface area contributed by atoms with Gasteiger partial charge in [-0.05, 0) is 12.5 Å². The van der Waals surface area contributed by atoms with Gasteiger partial charge in [0.15, 0.2) is 11.2 Å². The first kappa shape index (κ1) is 12.8. The van der Waals surface area contributed by atoms with Crippen molar-refractivity contribution in [1.29, 1.82) is 0 Å². The fraction of sp³-hybridized carbons (Fsp3) is 0.583. The van der Waals surface area contributed by atoms with Crippen molar-refractivity contribution in [2.24, 2.45) is 5.41 Å². The number of hydrogen-bond acceptors (Lipinski definition) is 4. The van der Waals surface area contributed by atoms with Crippen molar-refractivity contribution in [3.05, 3.63) is 18.0 Å². The lowest BCUT2D eigenvalue weighted by Gasteiger charge is -2.31. The molecule has 2 heterocycles. The minimum Gasteiger partial charge on any atom is -0.480 e. The van der Waals surface area contributed by atoms with Crippen LogP contribution in [0.3, 0.4) is 0 Å². The lowest BCUT2D eigenvalue weighted by atomic mass is 9.77. The molecular formula is C12H16N2O4. The first-order valence-corrected chi connectivity index (χ1v) is 5.94. The molecular weight excluding hydrogens is 236 g/mol. The second-order valence-electron chi connectivity index (χ2n) is 4.49. The number of ether oxygens (including phenoxy) is 1. The highest BCUT2D eigenvalue weighted by atomic mass is 16.5. The normalized spacial score (nSPS) is 24.2. The van der Waals surface area contributed by atoms with Gasteiger partial charge in [-0.3, -0.25) is 14.3 Å². The van der Waals surface area contributed by atoms with Gasteiger partial charge in [-0.15, -0.1) is 0 Å². The first-order valence-electron chi connectivity index (χ1n) is 5.94. The predicted octanol–water partition coefficient (Wildman–Crippen LogP) is 0.506. The smallest absolute Gasteiger partial charge is 0.319 e. The Labute approximate surface area is 105 Å². The molecule has 1 fully saturated rings. The van der Waals surface area contributed by atoms with Crippen LogP contribution in [0.4, 0.5) is 0 Å². The number of nitrogens with zero attached hydrogens (tertiary/aromatic N) is 2. The van der Waals surface area contributed by atoms with E-state index in [0.29, 0.717) is 13.2 Å². The molecule has 1 aromatic heterocycles. The summed E-state index contributed by atoms with van der Waals surface area (Å²) in [5, 5.41) is 13.4. The van der Waals surface area contributed by atoms with Gasteiger partial charge >= 0.3 is 5.97 Å². The molecule has 1 N–H and O–H groups in total. The maximum atomic E-state index is 12.0. The number of carbonyl (C=O) groups excluding carboxylic acids is 1. The van der Waals surface area contributed by atoms with Gasteiger partial charge in [-0.2, -0.15) is 5.10 Å². The molecule has 1 saturated heterocycles. The Balaban J connectivity index is 2.25. The SMILES string of the molecule is CCn1cc(CC2(C(=O)O)COCCC2=O)cn1. The van der Waals surface area contributed by atoms with Gasteiger partial charge in [0, 0.05) is 25.6 Å². The summed E-state index contributed by atoms with van der Waals surface area (Å²) in [5.41, 5.74) is -0.696. The standard InChI is InChI=1S/C12H16N2O4/c1-2-14-7-9(6-13-14)5-12(11(16)17)8-18-4-3-10(12)15/h6-7H,2-5,8H2,1H3,(H,16,17). The zero-order chi connectivity index (χ0) is 13.2. The van der Waals surface area contributed by atoms with Crippen molar-refractivity contribution in [3.8, 4) is 0 Å². The number of aromatic nitrogens is 2. The number of aryl methyl sites for hydroxylation is 1. The predicted molar refractivity (Wildman–Crippen MR) is 62.1 cm³/mol. The highest BCUT2D eigenvalue weighted by Crippen LogP contribution is 2.30. The summed E-state index contributed by atoms with van der Waals surface area (Å²) in [6.45, 7) is 2.91. The molecule has 0 saturated carbocycles. The molecule has 18 heavy (non-hydrogen) atoms. The van der Waals surface area contributed by atoms with E-state index in [1.165, 1.54) is 0 Å². The molecule has 98 valence electrons. The van der Waals surface area contributed by atoms with E-state index in [0.717, 1.165) is 5.56 Å². The molecule has 6 nitrogen and oxygen atoms in total. The average molecular weight is 252 g/mol. The molecule has 1 atom stereocenters. The summed E-state index contributed by atoms with van der Waals surface area (Å²) in [5.74, 6) is -1.37. The number of hydrogen-bond donors (Lipinski definition) is 1. The van der Waals surface area contributed by atoms with Gasteiger partial charge in [-0.25, -0.2) is 0 Å². The monoisotopic (exact) mass is 252 g/mol. The van der Waals surface area contributed by atoms with E-state index in [2.05, 4.69) is 5.10 Å². The van der Waals surface area contributed by atoms with Gasteiger partial charge in [-0.1, -0.05) is 0 Å². The summed E-state index contributed by atoms with van der Waals surface area (Å²) < 4.78 is 6.90. The molecule has 0 aromatic carbocycles. The molecule has 0 amide bonds. The van der Waals surface area contributed by atoms with Crippen molar-refractivity contribution in [1.82, 2.24) is 9.78 Å². The van der Waals surface area contributed by atoms with Gasteiger partial charge in [0.25, 0.3) is 0 Å². The molecule has 0 aliphatic carbocycles. The third-order valence-electron chi connectivity index (χ3n) is 3.28. The maximum Gasteiger partial charge on any atom is 0.319 e. The van der Waals surface area contributed by atoms with E-state index >= 15 is 0 Å². The summed E-state index contributed by atoms with van der Waals surface area (Å²) in [7, 11) is 0. The van der Waals surface area contributed by atoms with Crippen LogP contribution in [0.15, 0.2) is 12.4 Å². The Kier molecular flexibility index (Phi) is 3.47. The highest BCUT2D eigenvalue weighted by molar-refractivity contribution is 6.04. The molecule has 0 radical (unpaired) electrons. The number of ketones is 1. The Bertz CT molecular complexity index is 468. The number of carboxylic acid groups (broad SMARTS) is 1. The van der Waals surface area contributed by atoms with Crippen LogP contribution in [0.5, 0.6) is 0 Å². The largest absolute Gasteiger partial charge is 0.480 e. The molecule has 0 spiro atoms. The second-order valence-corrected chi connectivity index (χ2v) is 4.49. The van der Waals surface area contributed by atoms with Crippen LogP contribution >= 0.6 is 0 Å². The van der Waals surface area contributed by atoms with Crippen molar-refractivity contribution in [2.45, 2.75) is 26.3 Å². The quantitative estimate of drug-likeness (QED) is 0.789. The van der Waals surface area contributed by atoms with Crippen LogP contribution in [0, 0.1) is 5.41 Å². The van der Waals surface area contributed by atoms with E-state index in [9.17, 15) is 14.7 Å². The van der Waals surface area contributed by atoms with Crippen molar-refractivity contribution >= 4 is 11.8 Å². The first-order chi connectivity index (χ1) is 8.58. The minimum absolute atomic E-state index is 0.0571. The van der Waals surface area contributed by atoms with Crippen LogP contribution < -0.4 is 0 Å². The Morgan fingerprint density at radius 2 is 2.44 bits per heavy atom. The summed E-state index contributed by atoms with van der Waals surface area (Å²) in [6, 6.07) is 0. The van der Waals surface area contributed by atoms with Gasteiger partial charge in [0.2, 0.25) is 0 Å². The molecule has 1 aliphatic rings. The molecule has 6 heteroatoms. The molecule has 1 unspecified atom stereocenters. The Morgan fingerprint density at radius 1 is 1.67 bits per heavy atom. The average Bonchev–Trinajstić information content (AvgIpc) is 2.79. The van der Waals surface area contributed by atoms with Crippen molar-refractivity contribution in [3.63, 3.8) is 0 Å². The summed E-state index contributed by atoms with van der Waals surface area (Å²) in [6.07, 6.45) is 3.68. The maximum absolute atomic E-state index is 12.0. The molecule has 1 aliphatic heterocycles. The molecule has 2 rings (SSSR count). The lowest BCUT2D eigenvalue weighted by molar-refractivity contribution is -0.164. The molecule has 1 aromatic rings. The third-order valence-corrected chi connectivity index (χ3v) is 3.28. The van der Waals surface area contributed by atoms with Crippen LogP contribution in [0.1, 0.15) is 18.9 Å². The summed E-state index contributed by atoms with van der Waals surface area (Å²) >= 11 is 0. The van der Waals surface area contributed by atoms with Gasteiger partial charge < -0.3 is 9.84 Å². The number of rotatable bonds is 4. The van der Waals surface area contributed by atoms with E-state index < -0.39 is 11.4 Å². The second kappa shape index (κ2) is 4.89. The number of Topliss-reactive ketones (excluding diaryl/α,β-unsaturated/α-hetero) is 1. The fourth-order valence-corrected chi connectivity index (χ4v) is 2.16. The van der Waals surface area contributed by atoms with Gasteiger partial charge in [0.1, 0.15) is 0 Å². The fourth-order valence-electron chi connectivity index (χ4n) is 2.16.